The van der Waals surface area contributed by atoms with Gasteiger partial charge in [-0.1, -0.05) is 58.4 Å². The van der Waals surface area contributed by atoms with Gasteiger partial charge in [0.2, 0.25) is 5.91 Å². The molecule has 7 heteroatoms. The van der Waals surface area contributed by atoms with Crippen LogP contribution in [0.1, 0.15) is 86.3 Å². The van der Waals surface area contributed by atoms with E-state index in [1.54, 1.807) is 6.07 Å². The van der Waals surface area contributed by atoms with Crippen LogP contribution >= 0.6 is 11.6 Å². The van der Waals surface area contributed by atoms with Crippen molar-refractivity contribution in [3.63, 3.8) is 0 Å². The van der Waals surface area contributed by atoms with Crippen molar-refractivity contribution in [2.45, 2.75) is 82.1 Å². The summed E-state index contributed by atoms with van der Waals surface area (Å²) in [7, 11) is 0. The van der Waals surface area contributed by atoms with Gasteiger partial charge in [0.1, 0.15) is 6.61 Å². The molecule has 41 heavy (non-hydrogen) atoms. The molecular weight excluding hydrogens is 536 g/mol. The van der Waals surface area contributed by atoms with Crippen molar-refractivity contribution < 1.29 is 19.4 Å². The standard InChI is InChI=1S/C34H49ClN2O4/c1-11-28-26(21-29(36-24(6)38)31(39)30(28)35)20-25-13-14-27(19-23(25)5)37(12-2)17-18-41-32(40)34(10,33(7,8)9)16-15-22(3)4/h11,13-14,19-22,39H,12,15-18H2,1-10H3,(H,36,38)/b26-20+,28-11+. The summed E-state index contributed by atoms with van der Waals surface area (Å²) in [6.45, 7) is 21.8. The molecule has 0 aromatic heterocycles. The van der Waals surface area contributed by atoms with Crippen LogP contribution in [0.2, 0.25) is 5.02 Å². The molecule has 0 radical (unpaired) electrons. The van der Waals surface area contributed by atoms with Gasteiger partial charge < -0.3 is 20.1 Å². The Hall–Kier alpha value is -2.99. The zero-order valence-electron chi connectivity index (χ0n) is 26.6. The van der Waals surface area contributed by atoms with E-state index in [1.165, 1.54) is 6.92 Å². The van der Waals surface area contributed by atoms with Gasteiger partial charge in [-0.05, 0) is 97.7 Å². The number of esters is 1. The molecule has 2 aromatic rings. The number of amides is 1. The van der Waals surface area contributed by atoms with Crippen LogP contribution in [0.4, 0.5) is 11.4 Å². The fraction of sp³-hybridized carbons (Fsp3) is 0.529. The number of nitrogens with zero attached hydrogens (tertiary/aromatic N) is 1. The summed E-state index contributed by atoms with van der Waals surface area (Å²) < 4.78 is 5.88. The topological polar surface area (TPSA) is 78.9 Å². The second kappa shape index (κ2) is 14.3. The van der Waals surface area contributed by atoms with E-state index < -0.39 is 5.41 Å². The number of hydrogen-bond donors (Lipinski definition) is 2. The number of halogens is 1. The molecule has 0 aliphatic carbocycles. The number of aryl methyl sites for hydroxylation is 1. The largest absolute Gasteiger partial charge is 0.504 e. The first-order valence-corrected chi connectivity index (χ1v) is 14.9. The van der Waals surface area contributed by atoms with Crippen molar-refractivity contribution in [2.24, 2.45) is 16.7 Å². The van der Waals surface area contributed by atoms with Crippen LogP contribution in [0.25, 0.3) is 12.2 Å². The Balaban J connectivity index is 2.28. The highest BCUT2D eigenvalue weighted by molar-refractivity contribution is 6.32. The van der Waals surface area contributed by atoms with Gasteiger partial charge in [0.25, 0.3) is 0 Å². The monoisotopic (exact) mass is 584 g/mol. The minimum atomic E-state index is -0.548. The molecule has 0 bridgehead atoms. The molecule has 0 aliphatic rings. The second-order valence-corrected chi connectivity index (χ2v) is 12.9. The zero-order valence-corrected chi connectivity index (χ0v) is 27.3. The first kappa shape index (κ1) is 34.2. The van der Waals surface area contributed by atoms with Gasteiger partial charge in [-0.2, -0.15) is 0 Å². The summed E-state index contributed by atoms with van der Waals surface area (Å²) in [6, 6.07) is 7.94. The number of anilines is 2. The third-order valence-corrected chi connectivity index (χ3v) is 8.53. The van der Waals surface area contributed by atoms with Crippen LogP contribution in [0.3, 0.4) is 0 Å². The normalized spacial score (nSPS) is 14.2. The number of phenolic OH excluding ortho intramolecular Hbond substituents is 1. The number of benzene rings is 2. The Bertz CT molecular complexity index is 1360. The first-order chi connectivity index (χ1) is 19.0. The number of rotatable bonds is 11. The summed E-state index contributed by atoms with van der Waals surface area (Å²) in [6.07, 6.45) is 5.61. The van der Waals surface area contributed by atoms with Crippen LogP contribution in [-0.2, 0) is 14.3 Å². The van der Waals surface area contributed by atoms with E-state index in [4.69, 9.17) is 16.3 Å². The highest BCUT2D eigenvalue weighted by atomic mass is 35.5. The molecular formula is C34H49ClN2O4. The van der Waals surface area contributed by atoms with E-state index >= 15 is 0 Å². The van der Waals surface area contributed by atoms with Crippen molar-refractivity contribution >= 4 is 47.0 Å². The number of carbonyl (C=O) groups is 2. The van der Waals surface area contributed by atoms with Crippen LogP contribution in [0.5, 0.6) is 5.75 Å². The molecule has 2 N–H and O–H groups in total. The molecule has 0 aliphatic heterocycles. The van der Waals surface area contributed by atoms with Crippen molar-refractivity contribution in [1.82, 2.24) is 0 Å². The fourth-order valence-electron chi connectivity index (χ4n) is 4.80. The summed E-state index contributed by atoms with van der Waals surface area (Å²) in [5.41, 5.74) is 2.61. The van der Waals surface area contributed by atoms with Crippen molar-refractivity contribution in [3.05, 3.63) is 50.9 Å². The van der Waals surface area contributed by atoms with Crippen molar-refractivity contribution in [3.8, 4) is 5.75 Å². The molecule has 2 aromatic carbocycles. The van der Waals surface area contributed by atoms with E-state index in [9.17, 15) is 14.7 Å². The molecule has 0 saturated heterocycles. The van der Waals surface area contributed by atoms with Gasteiger partial charge in [0.05, 0.1) is 22.7 Å². The molecule has 0 heterocycles. The van der Waals surface area contributed by atoms with Gasteiger partial charge >= 0.3 is 5.97 Å². The Morgan fingerprint density at radius 1 is 1.17 bits per heavy atom. The Morgan fingerprint density at radius 2 is 1.83 bits per heavy atom. The molecule has 2 rings (SSSR count). The van der Waals surface area contributed by atoms with E-state index in [-0.39, 0.29) is 33.8 Å². The highest BCUT2D eigenvalue weighted by Gasteiger charge is 2.45. The van der Waals surface area contributed by atoms with Crippen LogP contribution in [-0.4, -0.2) is 36.7 Å². The lowest BCUT2D eigenvalue weighted by Gasteiger charge is -2.40. The Morgan fingerprint density at radius 3 is 2.34 bits per heavy atom. The van der Waals surface area contributed by atoms with Crippen LogP contribution in [0, 0.1) is 23.7 Å². The maximum atomic E-state index is 13.3. The lowest BCUT2D eigenvalue weighted by atomic mass is 9.65. The van der Waals surface area contributed by atoms with Gasteiger partial charge in [-0.25, -0.2) is 0 Å². The number of carbonyl (C=O) groups excluding carboxylic acids is 2. The number of likely N-dealkylation sites (N-methyl/N-ethyl adjacent to an activating group) is 1. The smallest absolute Gasteiger partial charge is 0.312 e. The third kappa shape index (κ3) is 8.51. The number of phenols is 1. The van der Waals surface area contributed by atoms with E-state index in [0.717, 1.165) is 41.4 Å². The van der Waals surface area contributed by atoms with E-state index in [1.807, 2.05) is 39.0 Å². The molecule has 1 atom stereocenters. The van der Waals surface area contributed by atoms with Crippen LogP contribution < -0.4 is 20.7 Å². The second-order valence-electron chi connectivity index (χ2n) is 12.5. The summed E-state index contributed by atoms with van der Waals surface area (Å²) in [5.74, 6) is -0.0423. The Labute approximate surface area is 251 Å². The average Bonchev–Trinajstić information content (AvgIpc) is 2.88. The maximum absolute atomic E-state index is 13.3. The SMILES string of the molecule is C/C=c1/c(Cl)c(O)c(NC(C)=O)c/c1=C\c1ccc(N(CC)CCOC(=O)C(C)(CCC(C)C)C(C)(C)C)cc1C. The lowest BCUT2D eigenvalue weighted by Crippen LogP contribution is -2.42. The molecule has 1 unspecified atom stereocenters. The van der Waals surface area contributed by atoms with E-state index in [0.29, 0.717) is 24.3 Å². The van der Waals surface area contributed by atoms with Crippen molar-refractivity contribution in [1.29, 1.82) is 0 Å². The summed E-state index contributed by atoms with van der Waals surface area (Å²) in [5, 5.41) is 14.8. The van der Waals surface area contributed by atoms with Gasteiger partial charge in [-0.15, -0.1) is 0 Å². The number of hydrogen-bond acceptors (Lipinski definition) is 5. The average molecular weight is 585 g/mol. The minimum absolute atomic E-state index is 0.127. The third-order valence-electron chi connectivity index (χ3n) is 8.14. The fourth-order valence-corrected chi connectivity index (χ4v) is 5.12. The van der Waals surface area contributed by atoms with Crippen LogP contribution in [0.15, 0.2) is 24.3 Å². The van der Waals surface area contributed by atoms with Gasteiger partial charge in [0, 0.05) is 19.2 Å². The summed E-state index contributed by atoms with van der Waals surface area (Å²) in [4.78, 5) is 27.1. The predicted molar refractivity (Wildman–Crippen MR) is 172 cm³/mol. The number of aromatic hydroxyl groups is 1. The predicted octanol–water partition coefficient (Wildman–Crippen LogP) is 6.80. The number of ether oxygens (including phenoxy) is 1. The zero-order chi connectivity index (χ0) is 31.1. The lowest BCUT2D eigenvalue weighted by molar-refractivity contribution is -0.162. The highest BCUT2D eigenvalue weighted by Crippen LogP contribution is 2.44. The molecule has 0 fully saturated rings. The molecule has 1 amide bonds. The molecule has 0 spiro atoms. The maximum Gasteiger partial charge on any atom is 0.312 e. The molecule has 0 saturated carbocycles. The molecule has 226 valence electrons. The quantitative estimate of drug-likeness (QED) is 0.224. The number of nitrogens with one attached hydrogen (secondary N) is 1. The van der Waals surface area contributed by atoms with Gasteiger partial charge in [0.15, 0.2) is 5.75 Å². The molecule has 6 nitrogen and oxygen atoms in total. The minimum Gasteiger partial charge on any atom is -0.504 e. The Kier molecular flexibility index (Phi) is 11.9. The van der Waals surface area contributed by atoms with Gasteiger partial charge in [-0.3, -0.25) is 9.59 Å². The van der Waals surface area contributed by atoms with Crippen molar-refractivity contribution in [2.75, 3.05) is 29.9 Å². The van der Waals surface area contributed by atoms with E-state index in [2.05, 4.69) is 63.9 Å². The first-order valence-electron chi connectivity index (χ1n) is 14.6. The summed E-state index contributed by atoms with van der Waals surface area (Å²) >= 11 is 6.44.